The molecule has 1 N–H and O–H groups in total. The summed E-state index contributed by atoms with van der Waals surface area (Å²) in [6.45, 7) is 0. The van der Waals surface area contributed by atoms with Crippen LogP contribution in [0.4, 0.5) is 26.0 Å². The maximum Gasteiger partial charge on any atom is 0.270 e. The van der Waals surface area contributed by atoms with Crippen LogP contribution in [0, 0.1) is 33.1 Å². The lowest BCUT2D eigenvalue weighted by Crippen LogP contribution is -2.02. The van der Waals surface area contributed by atoms with Gasteiger partial charge in [0, 0.05) is 23.6 Å². The summed E-state index contributed by atoms with van der Waals surface area (Å²) in [5.74, 6) is -2.07. The Morgan fingerprint density at radius 1 is 1.27 bits per heavy atom. The highest BCUT2D eigenvalue weighted by molar-refractivity contribution is 5.92. The number of nitro groups is 1. The number of aromatic nitrogens is 2. The normalized spacial score (nSPS) is 11.3. The van der Waals surface area contributed by atoms with E-state index in [-0.39, 0.29) is 28.0 Å². The summed E-state index contributed by atoms with van der Waals surface area (Å²) in [5, 5.41) is 22.0. The Morgan fingerprint density at radius 3 is 2.65 bits per heavy atom. The number of allylic oxidation sites excluding steroid dienone is 1. The second-order valence-electron chi connectivity index (χ2n) is 5.08. The maximum atomic E-state index is 14.3. The van der Waals surface area contributed by atoms with E-state index in [9.17, 15) is 18.9 Å². The predicted octanol–water partition coefficient (Wildman–Crippen LogP) is 4.10. The van der Waals surface area contributed by atoms with E-state index in [0.29, 0.717) is 0 Å². The van der Waals surface area contributed by atoms with Crippen LogP contribution in [0.2, 0.25) is 0 Å². The molecule has 128 valence electrons. The topological polar surface area (TPSA) is 105 Å². The van der Waals surface area contributed by atoms with Crippen LogP contribution in [0.15, 0.2) is 42.7 Å². The van der Waals surface area contributed by atoms with Gasteiger partial charge in [-0.3, -0.25) is 10.1 Å². The van der Waals surface area contributed by atoms with Gasteiger partial charge in [0.1, 0.15) is 30.8 Å². The molecule has 0 bridgehead atoms. The number of hydrogen-bond acceptors (Lipinski definition) is 6. The fraction of sp³-hybridized carbons (Fsp3) is 0. The SMILES string of the molecule is [2H]c1nc(Nc2c(F)cc(C=CC#N)cc2F)c2cc([N+](=O)[O-])ccc2n1. The third-order valence-corrected chi connectivity index (χ3v) is 3.44. The van der Waals surface area contributed by atoms with Gasteiger partial charge in [-0.15, -0.1) is 0 Å². The molecule has 3 aromatic rings. The molecule has 26 heavy (non-hydrogen) atoms. The average Bonchev–Trinajstić information content (AvgIpc) is 2.62. The van der Waals surface area contributed by atoms with Crippen molar-refractivity contribution in [3.05, 3.63) is 70.0 Å². The van der Waals surface area contributed by atoms with Crippen molar-refractivity contribution in [3.8, 4) is 6.07 Å². The third-order valence-electron chi connectivity index (χ3n) is 3.44. The molecule has 0 aliphatic heterocycles. The molecular weight excluding hydrogens is 344 g/mol. The molecule has 0 unspecified atom stereocenters. The van der Waals surface area contributed by atoms with Crippen molar-refractivity contribution in [2.75, 3.05) is 5.32 Å². The van der Waals surface area contributed by atoms with E-state index in [1.165, 1.54) is 18.2 Å². The van der Waals surface area contributed by atoms with Crippen LogP contribution >= 0.6 is 0 Å². The van der Waals surface area contributed by atoms with E-state index in [4.69, 9.17) is 6.63 Å². The highest BCUT2D eigenvalue weighted by Crippen LogP contribution is 2.29. The smallest absolute Gasteiger partial charge is 0.270 e. The third kappa shape index (κ3) is 3.29. The lowest BCUT2D eigenvalue weighted by Gasteiger charge is -2.11. The summed E-state index contributed by atoms with van der Waals surface area (Å²) in [4.78, 5) is 18.0. The molecule has 0 aliphatic rings. The number of benzene rings is 2. The Balaban J connectivity index is 2.11. The van der Waals surface area contributed by atoms with E-state index in [0.717, 1.165) is 24.3 Å². The van der Waals surface area contributed by atoms with Crippen molar-refractivity contribution in [1.82, 2.24) is 9.97 Å². The minimum absolute atomic E-state index is 0.132. The summed E-state index contributed by atoms with van der Waals surface area (Å²) in [6.07, 6.45) is 1.89. The van der Waals surface area contributed by atoms with Crippen LogP contribution in [-0.2, 0) is 0 Å². The molecule has 0 saturated carbocycles. The van der Waals surface area contributed by atoms with E-state index in [1.54, 1.807) is 6.07 Å². The molecule has 0 saturated heterocycles. The van der Waals surface area contributed by atoms with Gasteiger partial charge in [-0.25, -0.2) is 18.7 Å². The second-order valence-corrected chi connectivity index (χ2v) is 5.08. The number of fused-ring (bicyclic) bond motifs is 1. The zero-order valence-corrected chi connectivity index (χ0v) is 12.9. The molecule has 0 aliphatic carbocycles. The lowest BCUT2D eigenvalue weighted by atomic mass is 10.1. The summed E-state index contributed by atoms with van der Waals surface area (Å²) in [6, 6.07) is 7.40. The van der Waals surface area contributed by atoms with Crippen molar-refractivity contribution >= 4 is 34.2 Å². The zero-order chi connectivity index (χ0) is 19.6. The standard InChI is InChI=1S/C17H9F2N5O2/c18-13-6-10(2-1-5-20)7-14(19)16(13)23-17-12-8-11(24(25)26)3-4-15(12)21-9-22-17/h1-4,6-9H,(H,21,22,23)/i9D. The Labute approximate surface area is 146 Å². The fourth-order valence-electron chi connectivity index (χ4n) is 2.27. The summed E-state index contributed by atoms with van der Waals surface area (Å²) >= 11 is 0. The first-order chi connectivity index (χ1) is 12.9. The van der Waals surface area contributed by atoms with Gasteiger partial charge in [0.15, 0.2) is 0 Å². The van der Waals surface area contributed by atoms with Gasteiger partial charge < -0.3 is 5.32 Å². The van der Waals surface area contributed by atoms with Crippen molar-refractivity contribution in [2.24, 2.45) is 0 Å². The first-order valence-corrected chi connectivity index (χ1v) is 7.14. The van der Waals surface area contributed by atoms with E-state index >= 15 is 0 Å². The van der Waals surface area contributed by atoms with E-state index in [2.05, 4.69) is 15.3 Å². The van der Waals surface area contributed by atoms with Crippen molar-refractivity contribution in [3.63, 3.8) is 0 Å². The highest BCUT2D eigenvalue weighted by atomic mass is 19.1. The van der Waals surface area contributed by atoms with E-state index in [1.807, 2.05) is 0 Å². The van der Waals surface area contributed by atoms with Crippen LogP contribution in [0.25, 0.3) is 17.0 Å². The number of nitriles is 1. The molecule has 3 rings (SSSR count). The van der Waals surface area contributed by atoms with Crippen LogP contribution in [0.5, 0.6) is 0 Å². The average molecular weight is 354 g/mol. The minimum atomic E-state index is -0.962. The van der Waals surface area contributed by atoms with Crippen molar-refractivity contribution < 1.29 is 15.1 Å². The molecule has 0 fully saturated rings. The number of nitro benzene ring substituents is 1. The summed E-state index contributed by atoms with van der Waals surface area (Å²) in [7, 11) is 0. The largest absolute Gasteiger partial charge is 0.335 e. The molecule has 1 heterocycles. The number of hydrogen-bond donors (Lipinski definition) is 1. The van der Waals surface area contributed by atoms with Gasteiger partial charge in [-0.05, 0) is 29.8 Å². The molecule has 2 aromatic carbocycles. The van der Waals surface area contributed by atoms with Crippen LogP contribution < -0.4 is 5.32 Å². The van der Waals surface area contributed by atoms with Crippen LogP contribution in [-0.4, -0.2) is 14.9 Å². The number of anilines is 2. The molecular formula is C17H9F2N5O2. The van der Waals surface area contributed by atoms with Crippen LogP contribution in [0.1, 0.15) is 6.93 Å². The Hall–Kier alpha value is -3.93. The molecule has 0 atom stereocenters. The lowest BCUT2D eigenvalue weighted by molar-refractivity contribution is -0.384. The second kappa shape index (κ2) is 6.90. The molecule has 0 radical (unpaired) electrons. The number of nitrogens with zero attached hydrogens (tertiary/aromatic N) is 4. The van der Waals surface area contributed by atoms with Gasteiger partial charge in [-0.1, -0.05) is 0 Å². The quantitative estimate of drug-likeness (QED) is 0.430. The fourth-order valence-corrected chi connectivity index (χ4v) is 2.27. The number of rotatable bonds is 4. The van der Waals surface area contributed by atoms with Crippen molar-refractivity contribution in [1.29, 1.82) is 5.26 Å². The van der Waals surface area contributed by atoms with E-state index < -0.39 is 28.5 Å². The van der Waals surface area contributed by atoms with Gasteiger partial charge in [-0.2, -0.15) is 5.26 Å². The highest BCUT2D eigenvalue weighted by Gasteiger charge is 2.15. The molecule has 9 heteroatoms. The Bertz CT molecular complexity index is 1120. The van der Waals surface area contributed by atoms with Gasteiger partial charge in [0.05, 0.1) is 16.5 Å². The van der Waals surface area contributed by atoms with Crippen molar-refractivity contribution in [2.45, 2.75) is 0 Å². The summed E-state index contributed by atoms with van der Waals surface area (Å²) in [5.41, 5.74) is -0.459. The summed E-state index contributed by atoms with van der Waals surface area (Å²) < 4.78 is 36.2. The molecule has 0 spiro atoms. The molecule has 7 nitrogen and oxygen atoms in total. The molecule has 1 aromatic heterocycles. The first-order valence-electron chi connectivity index (χ1n) is 7.64. The number of nitrogens with one attached hydrogen (secondary N) is 1. The predicted molar refractivity (Wildman–Crippen MR) is 90.5 cm³/mol. The van der Waals surface area contributed by atoms with Crippen LogP contribution in [0.3, 0.4) is 0 Å². The van der Waals surface area contributed by atoms with Gasteiger partial charge >= 0.3 is 0 Å². The first kappa shape index (κ1) is 15.6. The monoisotopic (exact) mass is 354 g/mol. The molecule has 0 amide bonds. The Kier molecular flexibility index (Phi) is 4.14. The minimum Gasteiger partial charge on any atom is -0.335 e. The number of non-ortho nitro benzene ring substituents is 1. The zero-order valence-electron chi connectivity index (χ0n) is 13.9. The maximum absolute atomic E-state index is 14.3. The van der Waals surface area contributed by atoms with Gasteiger partial charge in [0.2, 0.25) is 0 Å². The number of halogens is 2. The Morgan fingerprint density at radius 2 is 2.00 bits per heavy atom. The van der Waals surface area contributed by atoms with Gasteiger partial charge in [0.25, 0.3) is 5.69 Å².